The second-order valence-electron chi connectivity index (χ2n) is 5.64. The van der Waals surface area contributed by atoms with Crippen LogP contribution >= 0.6 is 0 Å². The number of para-hydroxylation sites is 1. The second-order valence-corrected chi connectivity index (χ2v) is 5.64. The van der Waals surface area contributed by atoms with Crippen LogP contribution in [0.5, 0.6) is 0 Å². The van der Waals surface area contributed by atoms with Crippen LogP contribution in [-0.2, 0) is 9.53 Å². The van der Waals surface area contributed by atoms with Crippen molar-refractivity contribution in [1.82, 2.24) is 0 Å². The Morgan fingerprint density at radius 2 is 2.11 bits per heavy atom. The lowest BCUT2D eigenvalue weighted by Gasteiger charge is -2.46. The molecule has 98 valence electrons. The van der Waals surface area contributed by atoms with Gasteiger partial charge in [0.25, 0.3) is 0 Å². The van der Waals surface area contributed by atoms with Crippen molar-refractivity contribution in [3.05, 3.63) is 29.8 Å². The van der Waals surface area contributed by atoms with Crippen molar-refractivity contribution in [3.63, 3.8) is 0 Å². The number of hydrogen-bond acceptors (Lipinski definition) is 3. The summed E-state index contributed by atoms with van der Waals surface area (Å²) in [7, 11) is 1.44. The van der Waals surface area contributed by atoms with Gasteiger partial charge >= 0.3 is 5.97 Å². The van der Waals surface area contributed by atoms with Gasteiger partial charge in [-0.2, -0.15) is 0 Å². The topological polar surface area (TPSA) is 29.5 Å². The molecule has 1 aromatic rings. The molecule has 0 N–H and O–H groups in total. The maximum atomic E-state index is 11.6. The normalized spacial score (nSPS) is 21.3. The molecule has 0 fully saturated rings. The van der Waals surface area contributed by atoms with Gasteiger partial charge in [-0.1, -0.05) is 25.1 Å². The number of nitrogens with zero attached hydrogens (tertiary/aromatic N) is 1. The van der Waals surface area contributed by atoms with E-state index in [-0.39, 0.29) is 11.5 Å². The molecule has 1 atom stereocenters. The lowest BCUT2D eigenvalue weighted by Crippen LogP contribution is -2.50. The molecule has 1 aliphatic rings. The number of anilines is 1. The number of benzene rings is 1. The van der Waals surface area contributed by atoms with Crippen molar-refractivity contribution in [2.24, 2.45) is 0 Å². The monoisotopic (exact) mass is 247 g/mol. The predicted molar refractivity (Wildman–Crippen MR) is 72.9 cm³/mol. The first kappa shape index (κ1) is 12.9. The molecule has 0 aliphatic carbocycles. The zero-order valence-electron chi connectivity index (χ0n) is 11.6. The summed E-state index contributed by atoms with van der Waals surface area (Å²) in [5.41, 5.74) is 2.45. The van der Waals surface area contributed by atoms with Crippen LogP contribution in [0.2, 0.25) is 0 Å². The Bertz CT molecular complexity index is 454. The quantitative estimate of drug-likeness (QED) is 0.752. The van der Waals surface area contributed by atoms with Gasteiger partial charge in [0.05, 0.1) is 7.11 Å². The van der Waals surface area contributed by atoms with Crippen molar-refractivity contribution in [2.45, 2.75) is 38.6 Å². The number of esters is 1. The van der Waals surface area contributed by atoms with Gasteiger partial charge in [0.1, 0.15) is 6.54 Å². The average molecular weight is 247 g/mol. The molecule has 0 saturated heterocycles. The number of ether oxygens (including phenoxy) is 1. The molecule has 1 aliphatic heterocycles. The molecule has 3 nitrogen and oxygen atoms in total. The van der Waals surface area contributed by atoms with Crippen molar-refractivity contribution >= 4 is 11.7 Å². The van der Waals surface area contributed by atoms with E-state index in [1.807, 2.05) is 6.07 Å². The minimum atomic E-state index is -0.188. The summed E-state index contributed by atoms with van der Waals surface area (Å²) in [5, 5.41) is 0. The SMILES string of the molecule is COC(=O)CN1c2ccccc2C(C)CC1(C)C. The second kappa shape index (κ2) is 4.63. The van der Waals surface area contributed by atoms with Crippen molar-refractivity contribution in [2.75, 3.05) is 18.6 Å². The minimum absolute atomic E-state index is 0.0258. The van der Waals surface area contributed by atoms with Gasteiger partial charge in [0.2, 0.25) is 0 Å². The van der Waals surface area contributed by atoms with Gasteiger partial charge in [-0.3, -0.25) is 4.79 Å². The largest absolute Gasteiger partial charge is 0.468 e. The Morgan fingerprint density at radius 3 is 2.78 bits per heavy atom. The third kappa shape index (κ3) is 2.22. The lowest BCUT2D eigenvalue weighted by molar-refractivity contribution is -0.139. The zero-order valence-corrected chi connectivity index (χ0v) is 11.6. The fourth-order valence-electron chi connectivity index (χ4n) is 2.94. The van der Waals surface area contributed by atoms with Gasteiger partial charge in [-0.25, -0.2) is 0 Å². The van der Waals surface area contributed by atoms with E-state index in [0.717, 1.165) is 12.1 Å². The van der Waals surface area contributed by atoms with Crippen LogP contribution in [0.4, 0.5) is 5.69 Å². The molecule has 0 amide bonds. The average Bonchev–Trinajstić information content (AvgIpc) is 2.33. The maximum Gasteiger partial charge on any atom is 0.325 e. The Labute approximate surface area is 109 Å². The Balaban J connectivity index is 2.41. The Kier molecular flexibility index (Phi) is 3.33. The fraction of sp³-hybridized carbons (Fsp3) is 0.533. The molecule has 0 saturated carbocycles. The summed E-state index contributed by atoms with van der Waals surface area (Å²) in [6.07, 6.45) is 1.04. The van der Waals surface area contributed by atoms with Crippen LogP contribution < -0.4 is 4.90 Å². The highest BCUT2D eigenvalue weighted by Crippen LogP contribution is 2.42. The number of fused-ring (bicyclic) bond motifs is 1. The first-order valence-corrected chi connectivity index (χ1v) is 6.39. The summed E-state index contributed by atoms with van der Waals surface area (Å²) in [4.78, 5) is 13.8. The molecular formula is C15H21NO2. The van der Waals surface area contributed by atoms with Crippen molar-refractivity contribution < 1.29 is 9.53 Å². The Hall–Kier alpha value is -1.51. The van der Waals surface area contributed by atoms with Crippen LogP contribution in [0, 0.1) is 0 Å². The first-order valence-electron chi connectivity index (χ1n) is 6.39. The van der Waals surface area contributed by atoms with Gasteiger partial charge in [-0.05, 0) is 37.8 Å². The standard InChI is InChI=1S/C15H21NO2/c1-11-9-15(2,3)16(10-14(17)18-4)13-8-6-5-7-12(11)13/h5-8,11H,9-10H2,1-4H3. The Morgan fingerprint density at radius 1 is 1.44 bits per heavy atom. The molecular weight excluding hydrogens is 226 g/mol. The molecule has 2 rings (SSSR count). The minimum Gasteiger partial charge on any atom is -0.468 e. The number of hydrogen-bond donors (Lipinski definition) is 0. The van der Waals surface area contributed by atoms with Crippen LogP contribution in [0.15, 0.2) is 24.3 Å². The van der Waals surface area contributed by atoms with E-state index in [0.29, 0.717) is 12.5 Å². The van der Waals surface area contributed by atoms with Gasteiger partial charge in [0.15, 0.2) is 0 Å². The van der Waals surface area contributed by atoms with E-state index in [1.54, 1.807) is 0 Å². The lowest BCUT2D eigenvalue weighted by atomic mass is 9.80. The van der Waals surface area contributed by atoms with Gasteiger partial charge in [-0.15, -0.1) is 0 Å². The summed E-state index contributed by atoms with van der Waals surface area (Å²) >= 11 is 0. The number of methoxy groups -OCH3 is 1. The fourth-order valence-corrected chi connectivity index (χ4v) is 2.94. The first-order chi connectivity index (χ1) is 8.45. The molecule has 0 spiro atoms. The van der Waals surface area contributed by atoms with E-state index in [1.165, 1.54) is 12.7 Å². The van der Waals surface area contributed by atoms with E-state index >= 15 is 0 Å². The molecule has 1 unspecified atom stereocenters. The van der Waals surface area contributed by atoms with Crippen LogP contribution in [0.3, 0.4) is 0 Å². The molecule has 1 heterocycles. The van der Waals surface area contributed by atoms with Crippen LogP contribution in [0.25, 0.3) is 0 Å². The smallest absolute Gasteiger partial charge is 0.325 e. The zero-order chi connectivity index (χ0) is 13.3. The maximum absolute atomic E-state index is 11.6. The molecule has 0 radical (unpaired) electrons. The van der Waals surface area contributed by atoms with Crippen molar-refractivity contribution in [1.29, 1.82) is 0 Å². The summed E-state index contributed by atoms with van der Waals surface area (Å²) < 4.78 is 4.81. The highest BCUT2D eigenvalue weighted by atomic mass is 16.5. The number of carbonyl (C=O) groups is 1. The molecule has 0 aromatic heterocycles. The van der Waals surface area contributed by atoms with Crippen LogP contribution in [0.1, 0.15) is 38.7 Å². The van der Waals surface area contributed by atoms with E-state index in [2.05, 4.69) is 43.9 Å². The highest BCUT2D eigenvalue weighted by molar-refractivity contribution is 5.77. The van der Waals surface area contributed by atoms with E-state index in [4.69, 9.17) is 4.74 Å². The summed E-state index contributed by atoms with van der Waals surface area (Å²) in [6, 6.07) is 8.33. The predicted octanol–water partition coefficient (Wildman–Crippen LogP) is 2.95. The third-order valence-corrected chi connectivity index (χ3v) is 3.81. The van der Waals surface area contributed by atoms with E-state index in [9.17, 15) is 4.79 Å². The van der Waals surface area contributed by atoms with Gasteiger partial charge < -0.3 is 9.64 Å². The number of carbonyl (C=O) groups excluding carboxylic acids is 1. The van der Waals surface area contributed by atoms with Gasteiger partial charge in [0, 0.05) is 11.2 Å². The molecule has 18 heavy (non-hydrogen) atoms. The summed E-state index contributed by atoms with van der Waals surface area (Å²) in [6.45, 7) is 6.92. The highest BCUT2D eigenvalue weighted by Gasteiger charge is 2.37. The molecule has 3 heteroatoms. The molecule has 1 aromatic carbocycles. The van der Waals surface area contributed by atoms with E-state index < -0.39 is 0 Å². The third-order valence-electron chi connectivity index (χ3n) is 3.81. The number of rotatable bonds is 2. The van der Waals surface area contributed by atoms with Crippen molar-refractivity contribution in [3.8, 4) is 0 Å². The summed E-state index contributed by atoms with van der Waals surface area (Å²) in [5.74, 6) is 0.331. The molecule has 0 bridgehead atoms. The van der Waals surface area contributed by atoms with Crippen LogP contribution in [-0.4, -0.2) is 25.2 Å².